The Kier molecular flexibility index (Phi) is 5.60. The first-order valence-corrected chi connectivity index (χ1v) is 5.85. The maximum Gasteiger partial charge on any atom is 0.305 e. The van der Waals surface area contributed by atoms with E-state index in [1.165, 1.54) is 6.08 Å². The van der Waals surface area contributed by atoms with Crippen LogP contribution in [0.5, 0.6) is 5.75 Å². The fourth-order valence-corrected chi connectivity index (χ4v) is 1.50. The first-order valence-electron chi connectivity index (χ1n) is 5.85. The summed E-state index contributed by atoms with van der Waals surface area (Å²) < 4.78 is 5.18. The Morgan fingerprint density at radius 1 is 1.42 bits per heavy atom. The number of benzene rings is 1. The molecular weight excluding hydrogens is 246 g/mol. The summed E-state index contributed by atoms with van der Waals surface area (Å²) in [6.07, 6.45) is 2.91. The number of carboxylic acid groups (broad SMARTS) is 1. The zero-order valence-electron chi connectivity index (χ0n) is 11.0. The van der Waals surface area contributed by atoms with Crippen molar-refractivity contribution in [1.82, 2.24) is 5.32 Å². The molecule has 102 valence electrons. The summed E-state index contributed by atoms with van der Waals surface area (Å²) in [7, 11) is 1.56. The molecular formula is C14H17NO4. The number of aryl methyl sites for hydroxylation is 1. The summed E-state index contributed by atoms with van der Waals surface area (Å²) in [5.74, 6) is -0.588. The molecule has 0 fully saturated rings. The second-order valence-electron chi connectivity index (χ2n) is 4.01. The summed E-state index contributed by atoms with van der Waals surface area (Å²) in [6.45, 7) is 2.06. The first kappa shape index (κ1) is 14.8. The normalized spacial score (nSPS) is 10.4. The van der Waals surface area contributed by atoms with E-state index in [2.05, 4.69) is 5.32 Å². The van der Waals surface area contributed by atoms with Crippen LogP contribution in [0.3, 0.4) is 0 Å². The summed E-state index contributed by atoms with van der Waals surface area (Å²) >= 11 is 0. The molecule has 0 unspecified atom stereocenters. The van der Waals surface area contributed by atoms with Gasteiger partial charge in [-0.05, 0) is 25.1 Å². The molecule has 1 amide bonds. The van der Waals surface area contributed by atoms with Gasteiger partial charge in [0, 0.05) is 18.2 Å². The minimum absolute atomic E-state index is 0.0899. The smallest absolute Gasteiger partial charge is 0.305 e. The highest BCUT2D eigenvalue weighted by Crippen LogP contribution is 2.20. The first-order chi connectivity index (χ1) is 9.02. The average molecular weight is 263 g/mol. The molecule has 2 N–H and O–H groups in total. The number of ether oxygens (including phenoxy) is 1. The van der Waals surface area contributed by atoms with Crippen LogP contribution in [-0.2, 0) is 9.59 Å². The van der Waals surface area contributed by atoms with Gasteiger partial charge in [0.2, 0.25) is 5.91 Å². The van der Waals surface area contributed by atoms with Crippen LogP contribution in [0.2, 0.25) is 0 Å². The number of methoxy groups -OCH3 is 1. The number of carbonyl (C=O) groups excluding carboxylic acids is 1. The van der Waals surface area contributed by atoms with E-state index in [0.29, 0.717) is 5.75 Å². The number of carbonyl (C=O) groups is 2. The minimum Gasteiger partial charge on any atom is -0.496 e. The highest BCUT2D eigenvalue weighted by molar-refractivity contribution is 5.92. The van der Waals surface area contributed by atoms with E-state index < -0.39 is 5.97 Å². The highest BCUT2D eigenvalue weighted by atomic mass is 16.5. The fraction of sp³-hybridized carbons (Fsp3) is 0.286. The van der Waals surface area contributed by atoms with Gasteiger partial charge >= 0.3 is 5.97 Å². The van der Waals surface area contributed by atoms with Crippen LogP contribution in [0.1, 0.15) is 17.5 Å². The van der Waals surface area contributed by atoms with E-state index in [0.717, 1.165) is 11.1 Å². The Labute approximate surface area is 111 Å². The van der Waals surface area contributed by atoms with Gasteiger partial charge in [0.25, 0.3) is 0 Å². The molecule has 1 aromatic carbocycles. The molecule has 5 heteroatoms. The van der Waals surface area contributed by atoms with Crippen molar-refractivity contribution < 1.29 is 19.4 Å². The predicted molar refractivity (Wildman–Crippen MR) is 72.0 cm³/mol. The third kappa shape index (κ3) is 5.25. The van der Waals surface area contributed by atoms with Crippen LogP contribution in [0.15, 0.2) is 24.3 Å². The van der Waals surface area contributed by atoms with Crippen LogP contribution in [0, 0.1) is 6.92 Å². The molecule has 1 aromatic rings. The van der Waals surface area contributed by atoms with Crippen molar-refractivity contribution in [2.24, 2.45) is 0 Å². The number of hydrogen-bond acceptors (Lipinski definition) is 3. The van der Waals surface area contributed by atoms with Crippen molar-refractivity contribution in [3.05, 3.63) is 35.4 Å². The monoisotopic (exact) mass is 263 g/mol. The maximum atomic E-state index is 11.5. The maximum absolute atomic E-state index is 11.5. The van der Waals surface area contributed by atoms with Gasteiger partial charge in [-0.2, -0.15) is 0 Å². The van der Waals surface area contributed by atoms with Crippen molar-refractivity contribution in [2.45, 2.75) is 13.3 Å². The standard InChI is InChI=1S/C14H17NO4/c1-10-3-5-12(19-2)11(9-10)4-6-13(16)15-8-7-14(17)18/h3-6,9H,7-8H2,1-2H3,(H,15,16)(H,17,18)/b6-4+. The Balaban J connectivity index is 2.62. The average Bonchev–Trinajstić information content (AvgIpc) is 2.36. The van der Waals surface area contributed by atoms with E-state index in [-0.39, 0.29) is 18.9 Å². The number of amides is 1. The lowest BCUT2D eigenvalue weighted by Crippen LogP contribution is -2.23. The van der Waals surface area contributed by atoms with Gasteiger partial charge in [-0.15, -0.1) is 0 Å². The number of carboxylic acids is 1. The van der Waals surface area contributed by atoms with Gasteiger partial charge in [-0.3, -0.25) is 9.59 Å². The molecule has 0 bridgehead atoms. The molecule has 0 aliphatic rings. The highest BCUT2D eigenvalue weighted by Gasteiger charge is 2.02. The van der Waals surface area contributed by atoms with Gasteiger partial charge in [0.1, 0.15) is 5.75 Å². The second kappa shape index (κ2) is 7.20. The Morgan fingerprint density at radius 3 is 2.79 bits per heavy atom. The molecule has 1 rings (SSSR count). The van der Waals surface area contributed by atoms with Gasteiger partial charge in [0.05, 0.1) is 13.5 Å². The van der Waals surface area contributed by atoms with Crippen LogP contribution in [0.25, 0.3) is 6.08 Å². The molecule has 0 saturated heterocycles. The predicted octanol–water partition coefficient (Wildman–Crippen LogP) is 1.61. The van der Waals surface area contributed by atoms with E-state index in [4.69, 9.17) is 9.84 Å². The molecule has 0 heterocycles. The van der Waals surface area contributed by atoms with Gasteiger partial charge in [-0.25, -0.2) is 0 Å². The zero-order chi connectivity index (χ0) is 14.3. The summed E-state index contributed by atoms with van der Waals surface area (Å²) in [5.41, 5.74) is 1.86. The molecule has 0 atom stereocenters. The van der Waals surface area contributed by atoms with Crippen molar-refractivity contribution in [1.29, 1.82) is 0 Å². The largest absolute Gasteiger partial charge is 0.496 e. The quantitative estimate of drug-likeness (QED) is 0.764. The van der Waals surface area contributed by atoms with Gasteiger partial charge in [0.15, 0.2) is 0 Å². The SMILES string of the molecule is COc1ccc(C)cc1/C=C/C(=O)NCCC(=O)O. The van der Waals surface area contributed by atoms with E-state index >= 15 is 0 Å². The van der Waals surface area contributed by atoms with Crippen LogP contribution >= 0.6 is 0 Å². The lowest BCUT2D eigenvalue weighted by Gasteiger charge is -2.05. The molecule has 0 aromatic heterocycles. The topological polar surface area (TPSA) is 75.6 Å². The van der Waals surface area contributed by atoms with E-state index in [1.807, 2.05) is 25.1 Å². The van der Waals surface area contributed by atoms with Crippen molar-refractivity contribution >= 4 is 18.0 Å². The van der Waals surface area contributed by atoms with Crippen LogP contribution in [-0.4, -0.2) is 30.6 Å². The number of nitrogens with one attached hydrogen (secondary N) is 1. The third-order valence-electron chi connectivity index (χ3n) is 2.44. The Hall–Kier alpha value is -2.30. The minimum atomic E-state index is -0.940. The van der Waals surface area contributed by atoms with Crippen molar-refractivity contribution in [3.8, 4) is 5.75 Å². The molecule has 5 nitrogen and oxygen atoms in total. The summed E-state index contributed by atoms with van der Waals surface area (Å²) in [4.78, 5) is 21.7. The summed E-state index contributed by atoms with van der Waals surface area (Å²) in [6, 6.07) is 5.65. The van der Waals surface area contributed by atoms with E-state index in [9.17, 15) is 9.59 Å². The second-order valence-corrected chi connectivity index (χ2v) is 4.01. The van der Waals surface area contributed by atoms with Crippen LogP contribution < -0.4 is 10.1 Å². The number of aliphatic carboxylic acids is 1. The lowest BCUT2D eigenvalue weighted by atomic mass is 10.1. The van der Waals surface area contributed by atoms with Crippen molar-refractivity contribution in [3.63, 3.8) is 0 Å². The number of rotatable bonds is 6. The molecule has 0 aliphatic carbocycles. The molecule has 0 aliphatic heterocycles. The fourth-order valence-electron chi connectivity index (χ4n) is 1.50. The molecule has 0 saturated carbocycles. The molecule has 0 spiro atoms. The zero-order valence-corrected chi connectivity index (χ0v) is 11.0. The summed E-state index contributed by atoms with van der Waals surface area (Å²) in [5, 5.41) is 10.9. The van der Waals surface area contributed by atoms with Crippen LogP contribution in [0.4, 0.5) is 0 Å². The Bertz CT molecular complexity index is 494. The number of hydrogen-bond donors (Lipinski definition) is 2. The lowest BCUT2D eigenvalue weighted by molar-refractivity contribution is -0.136. The molecule has 19 heavy (non-hydrogen) atoms. The third-order valence-corrected chi connectivity index (χ3v) is 2.44. The molecule has 0 radical (unpaired) electrons. The van der Waals surface area contributed by atoms with Gasteiger partial charge < -0.3 is 15.2 Å². The Morgan fingerprint density at radius 2 is 2.16 bits per heavy atom. The van der Waals surface area contributed by atoms with Gasteiger partial charge in [-0.1, -0.05) is 11.6 Å². The van der Waals surface area contributed by atoms with Crippen molar-refractivity contribution in [2.75, 3.05) is 13.7 Å². The van der Waals surface area contributed by atoms with E-state index in [1.54, 1.807) is 13.2 Å².